The van der Waals surface area contributed by atoms with Crippen molar-refractivity contribution >= 4 is 59.2 Å². The lowest BCUT2D eigenvalue weighted by Crippen LogP contribution is -2.34. The molecule has 0 amide bonds. The smallest absolute Gasteiger partial charge is 0.0714 e. The molecule has 0 saturated heterocycles. The van der Waals surface area contributed by atoms with Crippen LogP contribution in [0.4, 0.5) is 11.4 Å². The van der Waals surface area contributed by atoms with Crippen LogP contribution in [0.1, 0.15) is 77.8 Å². The third kappa shape index (κ3) is 6.41. The molecule has 1 fully saturated rings. The Balaban J connectivity index is 1.08. The number of anilines is 2. The van der Waals surface area contributed by atoms with Crippen molar-refractivity contribution in [3.8, 4) is 22.3 Å². The van der Waals surface area contributed by atoms with Crippen LogP contribution in [0.5, 0.6) is 0 Å². The van der Waals surface area contributed by atoms with E-state index >= 15 is 0 Å². The lowest BCUT2D eigenvalue weighted by molar-refractivity contribution is 0.445. The zero-order valence-corrected chi connectivity index (χ0v) is 38.4. The SMILES string of the molecule is C1=CCC(N(c2cccc(-c3cccc4c3sc3ccccc34)c2)c2cccc3c2-c2ccccc2C3(c2ccccc2)c2ccccc2)C(c2cccc3cccc(C4CCCCC4)c23)=C1. The molecular weight excluding hydrogens is 827 g/mol. The molecular formula is C65H51NS. The van der Waals surface area contributed by atoms with Gasteiger partial charge in [0.15, 0.2) is 0 Å². The largest absolute Gasteiger partial charge is 0.333 e. The van der Waals surface area contributed by atoms with Crippen molar-refractivity contribution in [2.75, 3.05) is 4.90 Å². The van der Waals surface area contributed by atoms with Crippen LogP contribution < -0.4 is 4.90 Å². The van der Waals surface area contributed by atoms with Crippen LogP contribution in [0.15, 0.2) is 224 Å². The molecule has 2 heteroatoms. The number of hydrogen-bond acceptors (Lipinski definition) is 2. The van der Waals surface area contributed by atoms with Crippen molar-refractivity contribution in [1.29, 1.82) is 0 Å². The van der Waals surface area contributed by atoms with E-state index in [-0.39, 0.29) is 6.04 Å². The first kappa shape index (κ1) is 40.1. The van der Waals surface area contributed by atoms with E-state index in [4.69, 9.17) is 0 Å². The minimum absolute atomic E-state index is 0.00694. The minimum atomic E-state index is -0.509. The van der Waals surface area contributed by atoms with Gasteiger partial charge in [-0.2, -0.15) is 0 Å². The highest BCUT2D eigenvalue weighted by molar-refractivity contribution is 7.26. The number of nitrogens with zero attached hydrogens (tertiary/aromatic N) is 1. The molecule has 0 spiro atoms. The number of thiophene rings is 1. The fourth-order valence-corrected chi connectivity index (χ4v) is 13.7. The van der Waals surface area contributed by atoms with E-state index in [9.17, 15) is 0 Å². The van der Waals surface area contributed by atoms with Gasteiger partial charge in [0.2, 0.25) is 0 Å². The molecule has 1 saturated carbocycles. The summed E-state index contributed by atoms with van der Waals surface area (Å²) in [5.74, 6) is 0.583. The molecule has 0 N–H and O–H groups in total. The van der Waals surface area contributed by atoms with Gasteiger partial charge in [0.1, 0.15) is 0 Å². The fourth-order valence-electron chi connectivity index (χ4n) is 12.5. The standard InChI is InChI=1S/C65H51NS/c1-4-21-44(22-5-1)50-34-17-23-45-24-18-36-54(62(45)50)52-31-11-14-40-59(52)66(49-30-16-25-46(43-49)51-35-19-37-55-53-32-12-15-42-61(53)67-64(51)55)60-41-20-39-58-63(60)56-33-10-13-38-57(56)65(58,47-26-6-2-7-27-47)48-28-8-3-9-29-48/h2-3,6-20,23-39,41-44,59H,1,4-5,21-22,40H2. The van der Waals surface area contributed by atoms with Crippen molar-refractivity contribution < 1.29 is 0 Å². The lowest BCUT2D eigenvalue weighted by atomic mass is 9.67. The topological polar surface area (TPSA) is 3.24 Å². The summed E-state index contributed by atoms with van der Waals surface area (Å²) in [6.07, 6.45) is 14.5. The summed E-state index contributed by atoms with van der Waals surface area (Å²) in [4.78, 5) is 2.73. The van der Waals surface area contributed by atoms with Crippen LogP contribution in [0, 0.1) is 0 Å². The van der Waals surface area contributed by atoms with Crippen molar-refractivity contribution in [2.24, 2.45) is 0 Å². The molecule has 1 heterocycles. The van der Waals surface area contributed by atoms with Crippen molar-refractivity contribution in [1.82, 2.24) is 0 Å². The fraction of sp³-hybridized carbons (Fsp3) is 0.138. The molecule has 0 aliphatic heterocycles. The summed E-state index contributed by atoms with van der Waals surface area (Å²) < 4.78 is 2.66. The zero-order valence-electron chi connectivity index (χ0n) is 37.6. The Kier molecular flexibility index (Phi) is 9.90. The van der Waals surface area contributed by atoms with Crippen LogP contribution in [-0.4, -0.2) is 6.04 Å². The van der Waals surface area contributed by atoms with E-state index in [1.807, 2.05) is 11.3 Å². The molecule has 9 aromatic carbocycles. The first-order chi connectivity index (χ1) is 33.3. The molecule has 3 aliphatic rings. The average molecular weight is 878 g/mol. The molecule has 0 radical (unpaired) electrons. The summed E-state index contributed by atoms with van der Waals surface area (Å²) in [5, 5.41) is 5.42. The van der Waals surface area contributed by atoms with E-state index in [0.29, 0.717) is 5.92 Å². The predicted octanol–water partition coefficient (Wildman–Crippen LogP) is 17.8. The van der Waals surface area contributed by atoms with Gasteiger partial charge in [-0.05, 0) is 116 Å². The Morgan fingerprint density at radius 2 is 1.18 bits per heavy atom. The van der Waals surface area contributed by atoms with E-state index in [2.05, 4.69) is 229 Å². The van der Waals surface area contributed by atoms with Gasteiger partial charge >= 0.3 is 0 Å². The Hall–Kier alpha value is -7.26. The van der Waals surface area contributed by atoms with Crippen LogP contribution in [-0.2, 0) is 5.41 Å². The van der Waals surface area contributed by atoms with Crippen LogP contribution in [0.3, 0.4) is 0 Å². The molecule has 1 atom stereocenters. The van der Waals surface area contributed by atoms with E-state index in [0.717, 1.165) is 6.42 Å². The first-order valence-electron chi connectivity index (χ1n) is 24.3. The quantitative estimate of drug-likeness (QED) is 0.147. The van der Waals surface area contributed by atoms with Gasteiger partial charge in [0.05, 0.1) is 11.5 Å². The molecule has 1 nitrogen and oxygen atoms in total. The van der Waals surface area contributed by atoms with Gasteiger partial charge in [-0.15, -0.1) is 11.3 Å². The summed E-state index contributed by atoms with van der Waals surface area (Å²) in [5.41, 5.74) is 16.5. The van der Waals surface area contributed by atoms with Crippen LogP contribution in [0.25, 0.3) is 58.8 Å². The Morgan fingerprint density at radius 1 is 0.522 bits per heavy atom. The maximum absolute atomic E-state index is 2.73. The summed E-state index contributed by atoms with van der Waals surface area (Å²) >= 11 is 1.91. The molecule has 67 heavy (non-hydrogen) atoms. The molecule has 1 unspecified atom stereocenters. The normalized spacial score (nSPS) is 16.5. The average Bonchev–Trinajstić information content (AvgIpc) is 3.94. The lowest BCUT2D eigenvalue weighted by Gasteiger charge is -2.39. The third-order valence-corrected chi connectivity index (χ3v) is 16.5. The summed E-state index contributed by atoms with van der Waals surface area (Å²) in [6.45, 7) is 0. The van der Waals surface area contributed by atoms with E-state index in [1.54, 1.807) is 0 Å². The Labute approximate surface area is 398 Å². The van der Waals surface area contributed by atoms with Crippen molar-refractivity contribution in [2.45, 2.75) is 55.9 Å². The second-order valence-electron chi connectivity index (χ2n) is 18.8. The maximum atomic E-state index is 2.73. The molecule has 13 rings (SSSR count). The van der Waals surface area contributed by atoms with Gasteiger partial charge in [0.25, 0.3) is 0 Å². The monoisotopic (exact) mass is 877 g/mol. The highest BCUT2D eigenvalue weighted by Crippen LogP contribution is 2.59. The number of benzene rings is 9. The number of hydrogen-bond donors (Lipinski definition) is 0. The summed E-state index contributed by atoms with van der Waals surface area (Å²) in [6, 6.07) is 78.1. The summed E-state index contributed by atoms with van der Waals surface area (Å²) in [7, 11) is 0. The highest BCUT2D eigenvalue weighted by atomic mass is 32.1. The second-order valence-corrected chi connectivity index (χ2v) is 19.9. The van der Waals surface area contributed by atoms with Crippen LogP contribution in [0.2, 0.25) is 0 Å². The molecule has 322 valence electrons. The van der Waals surface area contributed by atoms with Crippen LogP contribution >= 0.6 is 11.3 Å². The highest BCUT2D eigenvalue weighted by Gasteiger charge is 2.47. The Morgan fingerprint density at radius 3 is 2.01 bits per heavy atom. The second kappa shape index (κ2) is 16.6. The van der Waals surface area contributed by atoms with Gasteiger partial charge in [-0.3, -0.25) is 0 Å². The zero-order chi connectivity index (χ0) is 44.3. The van der Waals surface area contributed by atoms with Gasteiger partial charge in [-0.1, -0.05) is 219 Å². The Bertz CT molecular complexity index is 3510. The van der Waals surface area contributed by atoms with E-state index in [1.165, 1.54) is 136 Å². The van der Waals surface area contributed by atoms with Crippen molar-refractivity contribution in [3.05, 3.63) is 258 Å². The minimum Gasteiger partial charge on any atom is -0.333 e. The predicted molar refractivity (Wildman–Crippen MR) is 286 cm³/mol. The van der Waals surface area contributed by atoms with Gasteiger partial charge < -0.3 is 4.90 Å². The number of fused-ring (bicyclic) bond motifs is 7. The molecule has 1 aromatic heterocycles. The number of allylic oxidation sites excluding steroid dienone is 2. The number of rotatable bonds is 8. The maximum Gasteiger partial charge on any atom is 0.0714 e. The van der Waals surface area contributed by atoms with Crippen molar-refractivity contribution in [3.63, 3.8) is 0 Å². The molecule has 3 aliphatic carbocycles. The van der Waals surface area contributed by atoms with Gasteiger partial charge in [0, 0.05) is 37.1 Å². The first-order valence-corrected chi connectivity index (χ1v) is 25.1. The van der Waals surface area contributed by atoms with E-state index < -0.39 is 5.41 Å². The third-order valence-electron chi connectivity index (χ3n) is 15.3. The van der Waals surface area contributed by atoms with Gasteiger partial charge in [-0.25, -0.2) is 0 Å². The molecule has 0 bridgehead atoms. The molecule has 10 aromatic rings.